The van der Waals surface area contributed by atoms with E-state index in [9.17, 15) is 4.79 Å². The average Bonchev–Trinajstić information content (AvgIpc) is 3.85. The van der Waals surface area contributed by atoms with Gasteiger partial charge >= 0.3 is 0 Å². The molecule has 0 aliphatic heterocycles. The molecule has 0 amide bonds. The van der Waals surface area contributed by atoms with Crippen molar-refractivity contribution in [2.24, 2.45) is 0 Å². The highest BCUT2D eigenvalue weighted by Gasteiger charge is 2.35. The molecule has 0 radical (unpaired) electrons. The van der Waals surface area contributed by atoms with Gasteiger partial charge in [-0.1, -0.05) is 194 Å². The van der Waals surface area contributed by atoms with Gasteiger partial charge in [0, 0.05) is 17.6 Å². The molecule has 0 N–H and O–H groups in total. The van der Waals surface area contributed by atoms with Crippen LogP contribution in [0.1, 0.15) is 12.0 Å². The zero-order valence-electron chi connectivity index (χ0n) is 33.4. The first-order chi connectivity index (χ1) is 30.2. The monoisotopic (exact) mass is 774 g/mol. The molecule has 12 rings (SSSR count). The van der Waals surface area contributed by atoms with Gasteiger partial charge in [0.2, 0.25) is 0 Å². The third-order valence-electron chi connectivity index (χ3n) is 12.8. The molecule has 0 atom stereocenters. The van der Waals surface area contributed by atoms with E-state index in [2.05, 4.69) is 212 Å². The number of carbonyl (C=O) groups excluding carboxylic acids is 1. The molecule has 61 heavy (non-hydrogen) atoms. The van der Waals surface area contributed by atoms with Gasteiger partial charge in [-0.3, -0.25) is 4.79 Å². The van der Waals surface area contributed by atoms with Gasteiger partial charge in [-0.15, -0.1) is 0 Å². The van der Waals surface area contributed by atoms with Crippen molar-refractivity contribution in [2.75, 3.05) is 0 Å². The predicted octanol–water partition coefficient (Wildman–Crippen LogP) is 15.7. The predicted molar refractivity (Wildman–Crippen MR) is 254 cm³/mol. The van der Waals surface area contributed by atoms with Crippen LogP contribution in [0.2, 0.25) is 0 Å². The Labute approximate surface area is 356 Å². The Morgan fingerprint density at radius 2 is 0.738 bits per heavy atom. The highest BCUT2D eigenvalue weighted by Crippen LogP contribution is 2.58. The van der Waals surface area contributed by atoms with Crippen LogP contribution < -0.4 is 0 Å². The fraction of sp³-hybridized carbons (Fsp3) is 0.0167. The van der Waals surface area contributed by atoms with Crippen molar-refractivity contribution in [3.8, 4) is 100 Å². The van der Waals surface area contributed by atoms with E-state index in [4.69, 9.17) is 0 Å². The zero-order chi connectivity index (χ0) is 40.4. The maximum absolute atomic E-state index is 14.5. The van der Waals surface area contributed by atoms with E-state index < -0.39 is 0 Å². The van der Waals surface area contributed by atoms with Crippen LogP contribution in [0, 0.1) is 0 Å². The molecular formula is C60H38O. The number of allylic oxidation sites excluding steroid dienone is 8. The summed E-state index contributed by atoms with van der Waals surface area (Å²) >= 11 is 0. The summed E-state index contributed by atoms with van der Waals surface area (Å²) in [5, 5.41) is 0. The van der Waals surface area contributed by atoms with Crippen molar-refractivity contribution in [3.05, 3.63) is 235 Å². The molecule has 0 bridgehead atoms. The van der Waals surface area contributed by atoms with Crippen LogP contribution in [0.3, 0.4) is 0 Å². The van der Waals surface area contributed by atoms with Crippen molar-refractivity contribution >= 4 is 11.4 Å². The Morgan fingerprint density at radius 3 is 1.28 bits per heavy atom. The maximum atomic E-state index is 14.5. The van der Waals surface area contributed by atoms with Crippen molar-refractivity contribution < 1.29 is 4.79 Å². The number of carbonyl (C=O) groups is 1. The third kappa shape index (κ3) is 5.59. The highest BCUT2D eigenvalue weighted by molar-refractivity contribution is 6.31. The van der Waals surface area contributed by atoms with Crippen molar-refractivity contribution in [1.29, 1.82) is 0 Å². The van der Waals surface area contributed by atoms with E-state index in [0.29, 0.717) is 6.42 Å². The summed E-state index contributed by atoms with van der Waals surface area (Å²) < 4.78 is 0. The molecule has 284 valence electrons. The number of rotatable bonds is 5. The fourth-order valence-corrected chi connectivity index (χ4v) is 10.2. The minimum atomic E-state index is 0.159. The molecule has 0 fully saturated rings. The van der Waals surface area contributed by atoms with Crippen LogP contribution in [0.15, 0.2) is 230 Å². The second-order valence-electron chi connectivity index (χ2n) is 16.2. The molecule has 0 saturated heterocycles. The van der Waals surface area contributed by atoms with Crippen molar-refractivity contribution in [3.63, 3.8) is 0 Å². The molecule has 0 saturated carbocycles. The summed E-state index contributed by atoms with van der Waals surface area (Å²) in [6.07, 6.45) is 10.8. The smallest absolute Gasteiger partial charge is 0.168 e. The molecule has 0 unspecified atom stereocenters. The highest BCUT2D eigenvalue weighted by atomic mass is 16.1. The van der Waals surface area contributed by atoms with Gasteiger partial charge in [0.15, 0.2) is 5.78 Å². The van der Waals surface area contributed by atoms with Gasteiger partial charge in [0.1, 0.15) is 0 Å². The van der Waals surface area contributed by atoms with Crippen LogP contribution in [0.25, 0.3) is 106 Å². The Morgan fingerprint density at radius 1 is 0.311 bits per heavy atom. The topological polar surface area (TPSA) is 17.1 Å². The number of hydrogen-bond acceptors (Lipinski definition) is 1. The molecule has 12 aliphatic rings. The quantitative estimate of drug-likeness (QED) is 0.170. The Balaban J connectivity index is 1.22. The molecule has 12 aliphatic carbocycles. The van der Waals surface area contributed by atoms with Crippen molar-refractivity contribution in [2.45, 2.75) is 6.42 Å². The van der Waals surface area contributed by atoms with Gasteiger partial charge in [-0.2, -0.15) is 0 Å². The van der Waals surface area contributed by atoms with Crippen LogP contribution in [0.5, 0.6) is 0 Å². The molecule has 1 nitrogen and oxygen atoms in total. The summed E-state index contributed by atoms with van der Waals surface area (Å²) in [6, 6.07) is 68.4. The van der Waals surface area contributed by atoms with Crippen LogP contribution in [-0.2, 0) is 4.79 Å². The van der Waals surface area contributed by atoms with Gasteiger partial charge in [-0.25, -0.2) is 0 Å². The van der Waals surface area contributed by atoms with Gasteiger partial charge < -0.3 is 0 Å². The lowest BCUT2D eigenvalue weighted by Gasteiger charge is -2.15. The van der Waals surface area contributed by atoms with E-state index in [1.807, 2.05) is 6.08 Å². The normalized spacial score (nSPS) is 13.8. The lowest BCUT2D eigenvalue weighted by molar-refractivity contribution is -0.112. The SMILES string of the molecule is O=C1CC2=CC=CC=CC2=C1c1c2cccccc-2cc1-c1c2cccccc-2cc1-c1c2cccccc-2cc1-c1c2cccccc-2cc1-c1ccc2cccccc1-2. The Bertz CT molecular complexity index is 3350. The molecule has 0 aromatic heterocycles. The molecular weight excluding hydrogens is 737 g/mol. The molecule has 0 aromatic carbocycles. The fourth-order valence-electron chi connectivity index (χ4n) is 10.2. The lowest BCUT2D eigenvalue weighted by Crippen LogP contribution is -1.98. The number of ketones is 1. The first-order valence-electron chi connectivity index (χ1n) is 21.1. The second-order valence-corrected chi connectivity index (χ2v) is 16.2. The number of Topliss-reactive ketones (excluding diaryl/α,β-unsaturated/α-hetero) is 1. The lowest BCUT2D eigenvalue weighted by atomic mass is 9.87. The van der Waals surface area contributed by atoms with E-state index >= 15 is 0 Å². The standard InChI is InChI=1S/C60H38O/c61-55-37-43-24-12-6-18-30-49(43)60(55)59-48-29-17-5-11-23-42(48)36-54(59)58-47-28-16-4-10-22-41(47)35-53(58)57-46-27-15-3-9-21-40(46)34-52(57)56-45-26-14-2-8-20-39(45)33-51(56)50-32-31-38-19-7-1-13-25-44(38)50/h1-36H,37H2. The van der Waals surface area contributed by atoms with E-state index in [-0.39, 0.29) is 5.78 Å². The largest absolute Gasteiger partial charge is 0.294 e. The van der Waals surface area contributed by atoms with Gasteiger partial charge in [0.25, 0.3) is 0 Å². The van der Waals surface area contributed by atoms with E-state index in [1.165, 1.54) is 61.2 Å². The van der Waals surface area contributed by atoms with Crippen molar-refractivity contribution in [1.82, 2.24) is 0 Å². The van der Waals surface area contributed by atoms with E-state index in [1.54, 1.807) is 0 Å². The second kappa shape index (κ2) is 14.2. The number of fused-ring (bicyclic) bond motifs is 6. The summed E-state index contributed by atoms with van der Waals surface area (Å²) in [5.41, 5.74) is 25.0. The summed E-state index contributed by atoms with van der Waals surface area (Å²) in [7, 11) is 0. The van der Waals surface area contributed by atoms with Crippen LogP contribution in [0.4, 0.5) is 0 Å². The first-order valence-corrected chi connectivity index (χ1v) is 21.1. The summed E-state index contributed by atoms with van der Waals surface area (Å²) in [5.74, 6) is 0.159. The first kappa shape index (κ1) is 35.1. The average molecular weight is 775 g/mol. The van der Waals surface area contributed by atoms with Gasteiger partial charge in [-0.05, 0) is 136 Å². The Hall–Kier alpha value is -7.87. The maximum Gasteiger partial charge on any atom is 0.168 e. The zero-order valence-corrected chi connectivity index (χ0v) is 33.4. The number of hydrogen-bond donors (Lipinski definition) is 0. The van der Waals surface area contributed by atoms with Crippen LogP contribution in [-0.4, -0.2) is 5.78 Å². The molecule has 1 heteroatoms. The summed E-state index contributed by atoms with van der Waals surface area (Å²) in [4.78, 5) is 14.5. The molecule has 0 heterocycles. The van der Waals surface area contributed by atoms with Crippen LogP contribution >= 0.6 is 0 Å². The minimum absolute atomic E-state index is 0.159. The van der Waals surface area contributed by atoms with E-state index in [0.717, 1.165) is 61.2 Å². The summed E-state index contributed by atoms with van der Waals surface area (Å²) in [6.45, 7) is 0. The third-order valence-corrected chi connectivity index (χ3v) is 12.8. The van der Waals surface area contributed by atoms with Gasteiger partial charge in [0.05, 0.1) is 0 Å². The Kier molecular flexibility index (Phi) is 8.15. The minimum Gasteiger partial charge on any atom is -0.294 e. The molecule has 0 spiro atoms. The molecule has 0 aromatic rings.